The molecule has 1 aliphatic heterocycles. The first-order valence-corrected chi connectivity index (χ1v) is 7.53. The Labute approximate surface area is 126 Å². The number of ether oxygens (including phenoxy) is 1. The maximum absolute atomic E-state index is 12.2. The predicted molar refractivity (Wildman–Crippen MR) is 84.7 cm³/mol. The number of hydrogen-bond acceptors (Lipinski definition) is 3. The maximum atomic E-state index is 12.2. The van der Waals surface area contributed by atoms with Crippen molar-refractivity contribution in [2.24, 2.45) is 0 Å². The monoisotopic (exact) mass is 291 g/mol. The van der Waals surface area contributed by atoms with Gasteiger partial charge in [0.05, 0.1) is 0 Å². The molecule has 1 heterocycles. The van der Waals surface area contributed by atoms with Gasteiger partial charge in [-0.2, -0.15) is 0 Å². The molecule has 5 nitrogen and oxygen atoms in total. The second kappa shape index (κ2) is 8.00. The number of rotatable bonds is 5. The minimum Gasteiger partial charge on any atom is -0.385 e. The van der Waals surface area contributed by atoms with Gasteiger partial charge in [0.2, 0.25) is 0 Å². The first kappa shape index (κ1) is 15.8. The average molecular weight is 291 g/mol. The van der Waals surface area contributed by atoms with E-state index in [0.717, 1.165) is 51.4 Å². The van der Waals surface area contributed by atoms with E-state index < -0.39 is 0 Å². The zero-order valence-electron chi connectivity index (χ0n) is 13.0. The van der Waals surface area contributed by atoms with E-state index in [-0.39, 0.29) is 6.03 Å². The van der Waals surface area contributed by atoms with Gasteiger partial charge in [0.15, 0.2) is 0 Å². The molecular formula is C16H25N3O2. The fourth-order valence-electron chi connectivity index (χ4n) is 2.45. The van der Waals surface area contributed by atoms with Crippen LogP contribution < -0.4 is 5.32 Å². The Balaban J connectivity index is 1.74. The molecule has 21 heavy (non-hydrogen) atoms. The third-order valence-corrected chi connectivity index (χ3v) is 3.79. The molecule has 1 aliphatic rings. The molecule has 0 spiro atoms. The highest BCUT2D eigenvalue weighted by molar-refractivity contribution is 5.89. The highest BCUT2D eigenvalue weighted by Gasteiger charge is 2.20. The molecule has 1 fully saturated rings. The summed E-state index contributed by atoms with van der Waals surface area (Å²) in [6, 6.07) is 7.88. The average Bonchev–Trinajstić information content (AvgIpc) is 2.50. The van der Waals surface area contributed by atoms with Crippen LogP contribution in [0.3, 0.4) is 0 Å². The van der Waals surface area contributed by atoms with Gasteiger partial charge in [-0.3, -0.25) is 4.90 Å². The van der Waals surface area contributed by atoms with Gasteiger partial charge in [-0.05, 0) is 25.5 Å². The number of carbonyl (C=O) groups excluding carboxylic acids is 1. The molecule has 0 aromatic heterocycles. The number of carbonyl (C=O) groups is 1. The van der Waals surface area contributed by atoms with Crippen LogP contribution in [0.1, 0.15) is 12.0 Å². The van der Waals surface area contributed by atoms with E-state index in [4.69, 9.17) is 4.74 Å². The molecule has 0 atom stereocenters. The highest BCUT2D eigenvalue weighted by Crippen LogP contribution is 2.11. The van der Waals surface area contributed by atoms with Crippen LogP contribution in [0, 0.1) is 6.92 Å². The first-order valence-electron chi connectivity index (χ1n) is 7.53. The fraction of sp³-hybridized carbons (Fsp3) is 0.562. The zero-order chi connectivity index (χ0) is 15.1. The van der Waals surface area contributed by atoms with E-state index in [0.29, 0.717) is 0 Å². The summed E-state index contributed by atoms with van der Waals surface area (Å²) in [5.74, 6) is 0. The maximum Gasteiger partial charge on any atom is 0.321 e. The standard InChI is InChI=1S/C16H25N3O2/c1-14-4-6-15(7-5-14)17-16(20)19-11-9-18(10-12-19)8-3-13-21-2/h4-7H,3,8-13H2,1-2H3,(H,17,20). The van der Waals surface area contributed by atoms with Crippen molar-refractivity contribution in [3.05, 3.63) is 29.8 Å². The van der Waals surface area contributed by atoms with Crippen molar-refractivity contribution in [2.45, 2.75) is 13.3 Å². The highest BCUT2D eigenvalue weighted by atomic mass is 16.5. The number of aryl methyl sites for hydroxylation is 1. The molecule has 1 saturated heterocycles. The topological polar surface area (TPSA) is 44.8 Å². The van der Waals surface area contributed by atoms with Crippen molar-refractivity contribution in [3.63, 3.8) is 0 Å². The lowest BCUT2D eigenvalue weighted by molar-refractivity contribution is 0.130. The molecule has 1 N–H and O–H groups in total. The lowest BCUT2D eigenvalue weighted by Gasteiger charge is -2.34. The Bertz CT molecular complexity index is 439. The van der Waals surface area contributed by atoms with Gasteiger partial charge in [0.25, 0.3) is 0 Å². The SMILES string of the molecule is COCCCN1CCN(C(=O)Nc2ccc(C)cc2)CC1. The predicted octanol–water partition coefficient (Wildman–Crippen LogP) is 2.18. The van der Waals surface area contributed by atoms with Crippen molar-refractivity contribution in [1.82, 2.24) is 9.80 Å². The lowest BCUT2D eigenvalue weighted by Crippen LogP contribution is -2.50. The summed E-state index contributed by atoms with van der Waals surface area (Å²) < 4.78 is 5.07. The second-order valence-corrected chi connectivity index (χ2v) is 5.47. The Kier molecular flexibility index (Phi) is 6.02. The van der Waals surface area contributed by atoms with Crippen LogP contribution in [0.25, 0.3) is 0 Å². The van der Waals surface area contributed by atoms with Gasteiger partial charge >= 0.3 is 6.03 Å². The number of amides is 2. The Morgan fingerprint density at radius 1 is 1.19 bits per heavy atom. The van der Waals surface area contributed by atoms with E-state index >= 15 is 0 Å². The Hall–Kier alpha value is -1.59. The van der Waals surface area contributed by atoms with E-state index in [1.165, 1.54) is 5.56 Å². The van der Waals surface area contributed by atoms with E-state index in [1.54, 1.807) is 7.11 Å². The quantitative estimate of drug-likeness (QED) is 0.846. The number of nitrogens with one attached hydrogen (secondary N) is 1. The summed E-state index contributed by atoms with van der Waals surface area (Å²) in [6.07, 6.45) is 1.05. The molecule has 0 saturated carbocycles. The van der Waals surface area contributed by atoms with Gasteiger partial charge in [-0.1, -0.05) is 17.7 Å². The summed E-state index contributed by atoms with van der Waals surface area (Å²) in [4.78, 5) is 16.5. The normalized spacial score (nSPS) is 16.0. The molecule has 1 aromatic carbocycles. The first-order chi connectivity index (χ1) is 10.2. The Morgan fingerprint density at radius 3 is 2.48 bits per heavy atom. The molecule has 2 rings (SSSR count). The zero-order valence-corrected chi connectivity index (χ0v) is 13.0. The number of benzene rings is 1. The fourth-order valence-corrected chi connectivity index (χ4v) is 2.45. The minimum absolute atomic E-state index is 0.00426. The summed E-state index contributed by atoms with van der Waals surface area (Å²) in [7, 11) is 1.73. The van der Waals surface area contributed by atoms with Crippen LogP contribution in [0.2, 0.25) is 0 Å². The van der Waals surface area contributed by atoms with Crippen LogP contribution in [0.5, 0.6) is 0 Å². The number of hydrogen-bond donors (Lipinski definition) is 1. The largest absolute Gasteiger partial charge is 0.385 e. The van der Waals surface area contributed by atoms with Gasteiger partial charge in [-0.25, -0.2) is 4.79 Å². The number of urea groups is 1. The molecule has 1 aromatic rings. The van der Waals surface area contributed by atoms with Crippen molar-refractivity contribution in [1.29, 1.82) is 0 Å². The van der Waals surface area contributed by atoms with Crippen molar-refractivity contribution < 1.29 is 9.53 Å². The van der Waals surface area contributed by atoms with Crippen LogP contribution in [0.4, 0.5) is 10.5 Å². The lowest BCUT2D eigenvalue weighted by atomic mass is 10.2. The number of anilines is 1. The second-order valence-electron chi connectivity index (χ2n) is 5.47. The van der Waals surface area contributed by atoms with Gasteiger partial charge in [0.1, 0.15) is 0 Å². The summed E-state index contributed by atoms with van der Waals surface area (Å²) in [5, 5.41) is 2.95. The third-order valence-electron chi connectivity index (χ3n) is 3.79. The van der Waals surface area contributed by atoms with Gasteiger partial charge in [-0.15, -0.1) is 0 Å². The summed E-state index contributed by atoms with van der Waals surface area (Å²) in [5.41, 5.74) is 2.05. The molecule has 116 valence electrons. The number of piperazine rings is 1. The molecule has 2 amide bonds. The number of nitrogens with zero attached hydrogens (tertiary/aromatic N) is 2. The molecule has 0 unspecified atom stereocenters. The molecule has 0 radical (unpaired) electrons. The van der Waals surface area contributed by atoms with Crippen LogP contribution >= 0.6 is 0 Å². The third kappa shape index (κ3) is 5.02. The smallest absolute Gasteiger partial charge is 0.321 e. The summed E-state index contributed by atoms with van der Waals surface area (Å²) >= 11 is 0. The van der Waals surface area contributed by atoms with Crippen LogP contribution in [-0.2, 0) is 4.74 Å². The molecular weight excluding hydrogens is 266 g/mol. The molecule has 0 aliphatic carbocycles. The van der Waals surface area contributed by atoms with E-state index in [2.05, 4.69) is 10.2 Å². The van der Waals surface area contributed by atoms with Crippen LogP contribution in [-0.4, -0.2) is 62.3 Å². The Morgan fingerprint density at radius 2 is 1.86 bits per heavy atom. The van der Waals surface area contributed by atoms with Crippen LogP contribution in [0.15, 0.2) is 24.3 Å². The van der Waals surface area contributed by atoms with E-state index in [1.807, 2.05) is 36.1 Å². The van der Waals surface area contributed by atoms with Crippen molar-refractivity contribution in [2.75, 3.05) is 51.8 Å². The van der Waals surface area contributed by atoms with Crippen molar-refractivity contribution in [3.8, 4) is 0 Å². The van der Waals surface area contributed by atoms with E-state index in [9.17, 15) is 4.79 Å². The number of methoxy groups -OCH3 is 1. The summed E-state index contributed by atoms with van der Waals surface area (Å²) in [6.45, 7) is 7.31. The molecule has 0 bridgehead atoms. The molecule has 5 heteroatoms. The van der Waals surface area contributed by atoms with Gasteiger partial charge < -0.3 is 15.0 Å². The van der Waals surface area contributed by atoms with Crippen molar-refractivity contribution >= 4 is 11.7 Å². The minimum atomic E-state index is -0.00426. The van der Waals surface area contributed by atoms with Gasteiger partial charge in [0, 0.05) is 52.1 Å².